The lowest BCUT2D eigenvalue weighted by atomic mass is 10.0. The molecule has 6 nitrogen and oxygen atoms in total. The van der Waals surface area contributed by atoms with Gasteiger partial charge in [-0.25, -0.2) is 0 Å². The van der Waals surface area contributed by atoms with Crippen LogP contribution in [0.1, 0.15) is 32.5 Å². The van der Waals surface area contributed by atoms with Crippen LogP contribution in [-0.2, 0) is 13.0 Å². The zero-order valence-electron chi connectivity index (χ0n) is 13.9. The normalized spacial score (nSPS) is 19.6. The average Bonchev–Trinajstić information content (AvgIpc) is 2.94. The minimum absolute atomic E-state index is 0.0390. The fourth-order valence-electron chi connectivity index (χ4n) is 3.33. The Balaban J connectivity index is 1.71. The molecule has 0 saturated heterocycles. The van der Waals surface area contributed by atoms with Crippen LogP contribution in [0.3, 0.4) is 0 Å². The van der Waals surface area contributed by atoms with Crippen LogP contribution >= 0.6 is 33.9 Å². The first-order valence-electron chi connectivity index (χ1n) is 7.94. The van der Waals surface area contributed by atoms with E-state index < -0.39 is 0 Å². The van der Waals surface area contributed by atoms with Gasteiger partial charge in [-0.05, 0) is 59.3 Å². The molecule has 2 aliphatic rings. The largest absolute Gasteiger partial charge is 0.504 e. The van der Waals surface area contributed by atoms with E-state index in [4.69, 9.17) is 4.74 Å². The van der Waals surface area contributed by atoms with E-state index in [1.54, 1.807) is 17.4 Å². The number of phenols is 1. The van der Waals surface area contributed by atoms with Crippen LogP contribution in [0.5, 0.6) is 11.5 Å². The summed E-state index contributed by atoms with van der Waals surface area (Å²) in [6.45, 7) is 1.86. The Bertz CT molecular complexity index is 867. The first-order valence-corrected chi connectivity index (χ1v) is 9.84. The number of thiophene rings is 1. The third-order valence-electron chi connectivity index (χ3n) is 4.63. The Hall–Kier alpha value is -1.52. The van der Waals surface area contributed by atoms with E-state index in [1.807, 2.05) is 6.07 Å². The number of aromatic hydroxyl groups is 1. The third kappa shape index (κ3) is 2.85. The van der Waals surface area contributed by atoms with Gasteiger partial charge >= 0.3 is 0 Å². The van der Waals surface area contributed by atoms with Crippen LogP contribution in [-0.4, -0.2) is 36.6 Å². The molecule has 1 atom stereocenters. The van der Waals surface area contributed by atoms with Crippen molar-refractivity contribution in [3.63, 3.8) is 0 Å². The quantitative estimate of drug-likeness (QED) is 0.588. The standard InChI is InChI=1S/C17H18IN3O3S/c1-21-4-3-9-12(7-21)25-17-13(9)16(23)19-15(20-17)8-5-10(18)14(22)11(6-8)24-2/h5-6,15,20,22H,3-4,7H2,1-2H3,(H,19,23)/t15-/m1/s1. The molecule has 2 aliphatic heterocycles. The van der Waals surface area contributed by atoms with Crippen molar-refractivity contribution in [3.8, 4) is 11.5 Å². The average molecular weight is 471 g/mol. The molecule has 0 saturated carbocycles. The Labute approximate surface area is 163 Å². The van der Waals surface area contributed by atoms with Crippen LogP contribution in [0.4, 0.5) is 5.00 Å². The van der Waals surface area contributed by atoms with Gasteiger partial charge in [0, 0.05) is 18.0 Å². The molecule has 0 aliphatic carbocycles. The molecule has 132 valence electrons. The summed E-state index contributed by atoms with van der Waals surface area (Å²) in [6, 6.07) is 3.60. The Morgan fingerprint density at radius 2 is 2.20 bits per heavy atom. The van der Waals surface area contributed by atoms with E-state index in [0.717, 1.165) is 35.6 Å². The van der Waals surface area contributed by atoms with Gasteiger partial charge in [0.15, 0.2) is 11.5 Å². The molecular weight excluding hydrogens is 453 g/mol. The number of carbonyl (C=O) groups excluding carboxylic acids is 1. The molecule has 0 bridgehead atoms. The van der Waals surface area contributed by atoms with Crippen molar-refractivity contribution < 1.29 is 14.6 Å². The maximum absolute atomic E-state index is 12.7. The van der Waals surface area contributed by atoms with E-state index in [-0.39, 0.29) is 17.8 Å². The van der Waals surface area contributed by atoms with Crippen LogP contribution in [0.2, 0.25) is 0 Å². The van der Waals surface area contributed by atoms with Crippen LogP contribution < -0.4 is 15.4 Å². The molecule has 4 rings (SSSR count). The molecule has 25 heavy (non-hydrogen) atoms. The number of likely N-dealkylation sites (N-methyl/N-ethyl adjacent to an activating group) is 1. The molecule has 3 heterocycles. The van der Waals surface area contributed by atoms with E-state index in [2.05, 4.69) is 45.2 Å². The van der Waals surface area contributed by atoms with Gasteiger partial charge in [0.2, 0.25) is 0 Å². The number of rotatable bonds is 2. The van der Waals surface area contributed by atoms with Crippen LogP contribution in [0, 0.1) is 3.57 Å². The number of methoxy groups -OCH3 is 1. The molecule has 1 amide bonds. The van der Waals surface area contributed by atoms with Crippen LogP contribution in [0.25, 0.3) is 0 Å². The summed E-state index contributed by atoms with van der Waals surface area (Å²) in [6.07, 6.45) is 0.559. The Kier molecular flexibility index (Phi) is 4.28. The van der Waals surface area contributed by atoms with Gasteiger partial charge < -0.3 is 25.4 Å². The first-order chi connectivity index (χ1) is 12.0. The van der Waals surface area contributed by atoms with Gasteiger partial charge in [0.05, 0.1) is 16.2 Å². The van der Waals surface area contributed by atoms with Gasteiger partial charge in [-0.2, -0.15) is 0 Å². The highest BCUT2D eigenvalue weighted by atomic mass is 127. The maximum atomic E-state index is 12.7. The lowest BCUT2D eigenvalue weighted by Gasteiger charge is -2.28. The van der Waals surface area contributed by atoms with Gasteiger partial charge in [-0.3, -0.25) is 4.79 Å². The number of benzene rings is 1. The second-order valence-corrected chi connectivity index (χ2v) is 8.57. The fraction of sp³-hybridized carbons (Fsp3) is 0.353. The zero-order chi connectivity index (χ0) is 17.7. The number of carbonyl (C=O) groups is 1. The van der Waals surface area contributed by atoms with Gasteiger partial charge in [0.1, 0.15) is 11.2 Å². The van der Waals surface area contributed by atoms with E-state index >= 15 is 0 Å². The lowest BCUT2D eigenvalue weighted by molar-refractivity contribution is 0.0935. The number of nitrogens with zero attached hydrogens (tertiary/aromatic N) is 1. The number of anilines is 1. The summed E-state index contributed by atoms with van der Waals surface area (Å²) in [5.41, 5.74) is 2.82. The first kappa shape index (κ1) is 16.9. The summed E-state index contributed by atoms with van der Waals surface area (Å²) in [5, 5.41) is 17.4. The number of halogens is 1. The number of hydrogen-bond donors (Lipinski definition) is 3. The van der Waals surface area contributed by atoms with Gasteiger partial charge in [-0.15, -0.1) is 11.3 Å². The third-order valence-corrected chi connectivity index (χ3v) is 6.60. The van der Waals surface area contributed by atoms with Crippen molar-refractivity contribution in [1.82, 2.24) is 10.2 Å². The van der Waals surface area contributed by atoms with Crippen LogP contribution in [0.15, 0.2) is 12.1 Å². The predicted molar refractivity (Wildman–Crippen MR) is 106 cm³/mol. The second-order valence-electron chi connectivity index (χ2n) is 6.30. The minimum atomic E-state index is -0.346. The molecule has 1 aromatic heterocycles. The van der Waals surface area contributed by atoms with Crippen molar-refractivity contribution in [3.05, 3.63) is 37.3 Å². The summed E-state index contributed by atoms with van der Waals surface area (Å²) in [7, 11) is 3.62. The van der Waals surface area contributed by atoms with Crippen molar-refractivity contribution in [2.45, 2.75) is 19.1 Å². The highest BCUT2D eigenvalue weighted by molar-refractivity contribution is 14.1. The fourth-order valence-corrected chi connectivity index (χ4v) is 5.31. The van der Waals surface area contributed by atoms with Crippen molar-refractivity contribution in [2.75, 3.05) is 26.0 Å². The van der Waals surface area contributed by atoms with E-state index in [0.29, 0.717) is 9.32 Å². The highest BCUT2D eigenvalue weighted by Crippen LogP contribution is 2.42. The Morgan fingerprint density at radius 3 is 2.96 bits per heavy atom. The van der Waals surface area contributed by atoms with Gasteiger partial charge in [0.25, 0.3) is 5.91 Å². The Morgan fingerprint density at radius 1 is 1.40 bits per heavy atom. The van der Waals surface area contributed by atoms with E-state index in [1.165, 1.54) is 17.6 Å². The van der Waals surface area contributed by atoms with Crippen molar-refractivity contribution in [2.24, 2.45) is 0 Å². The molecule has 0 radical (unpaired) electrons. The zero-order valence-corrected chi connectivity index (χ0v) is 16.8. The number of fused-ring (bicyclic) bond motifs is 3. The summed E-state index contributed by atoms with van der Waals surface area (Å²) < 4.78 is 5.91. The molecule has 3 N–H and O–H groups in total. The summed E-state index contributed by atoms with van der Waals surface area (Å²) in [5.74, 6) is 0.475. The smallest absolute Gasteiger partial charge is 0.256 e. The SMILES string of the molecule is COc1cc([C@@H]2NC(=O)c3c(sc4c3CCN(C)C4)N2)cc(I)c1O. The van der Waals surface area contributed by atoms with E-state index in [9.17, 15) is 9.90 Å². The number of hydrogen-bond acceptors (Lipinski definition) is 6. The predicted octanol–water partition coefficient (Wildman–Crippen LogP) is 2.91. The number of nitrogens with one attached hydrogen (secondary N) is 2. The summed E-state index contributed by atoms with van der Waals surface area (Å²) >= 11 is 3.72. The van der Waals surface area contributed by atoms with Crippen molar-refractivity contribution in [1.29, 1.82) is 0 Å². The number of amides is 1. The molecule has 0 fully saturated rings. The molecule has 0 spiro atoms. The maximum Gasteiger partial charge on any atom is 0.256 e. The topological polar surface area (TPSA) is 73.8 Å². The lowest BCUT2D eigenvalue weighted by Crippen LogP contribution is -2.38. The molecule has 0 unspecified atom stereocenters. The highest BCUT2D eigenvalue weighted by Gasteiger charge is 2.33. The molecule has 1 aromatic carbocycles. The van der Waals surface area contributed by atoms with Gasteiger partial charge in [-0.1, -0.05) is 0 Å². The molecule has 8 heteroatoms. The van der Waals surface area contributed by atoms with Crippen molar-refractivity contribution >= 4 is 44.8 Å². The monoisotopic (exact) mass is 471 g/mol. The molecular formula is C17H18IN3O3S. The summed E-state index contributed by atoms with van der Waals surface area (Å²) in [4.78, 5) is 16.3. The minimum Gasteiger partial charge on any atom is -0.504 e. The number of ether oxygens (including phenoxy) is 1. The number of phenolic OH excluding ortho intramolecular Hbond substituents is 1. The molecule has 2 aromatic rings. The second kappa shape index (κ2) is 6.33.